The molecule has 0 amide bonds. The lowest BCUT2D eigenvalue weighted by atomic mass is 9.93. The molecule has 1 unspecified atom stereocenters. The molecule has 3 heteroatoms. The Balaban J connectivity index is 2.17. The number of hydrogen-bond acceptors (Lipinski definition) is 3. The van der Waals surface area contributed by atoms with E-state index in [1.807, 2.05) is 0 Å². The smallest absolute Gasteiger partial charge is 0.0541 e. The SMILES string of the molecule is CC(CN)NC1CCC(O)CC1. The third-order valence-corrected chi connectivity index (χ3v) is 2.57. The molecular weight excluding hydrogens is 152 g/mol. The van der Waals surface area contributed by atoms with Gasteiger partial charge in [-0.25, -0.2) is 0 Å². The van der Waals surface area contributed by atoms with Gasteiger partial charge in [-0.1, -0.05) is 0 Å². The maximum absolute atomic E-state index is 9.27. The molecule has 72 valence electrons. The summed E-state index contributed by atoms with van der Waals surface area (Å²) in [5, 5.41) is 12.7. The van der Waals surface area contributed by atoms with Gasteiger partial charge in [0.2, 0.25) is 0 Å². The summed E-state index contributed by atoms with van der Waals surface area (Å²) in [6.07, 6.45) is 4.00. The van der Waals surface area contributed by atoms with Gasteiger partial charge in [0.15, 0.2) is 0 Å². The number of nitrogens with one attached hydrogen (secondary N) is 1. The van der Waals surface area contributed by atoms with Crippen LogP contribution < -0.4 is 11.1 Å². The maximum Gasteiger partial charge on any atom is 0.0541 e. The highest BCUT2D eigenvalue weighted by molar-refractivity contribution is 4.78. The van der Waals surface area contributed by atoms with Crippen molar-refractivity contribution in [1.29, 1.82) is 0 Å². The molecule has 0 aromatic carbocycles. The summed E-state index contributed by atoms with van der Waals surface area (Å²) in [7, 11) is 0. The van der Waals surface area contributed by atoms with Gasteiger partial charge in [0, 0.05) is 18.6 Å². The van der Waals surface area contributed by atoms with Crippen molar-refractivity contribution in [2.45, 2.75) is 50.8 Å². The Bertz CT molecular complexity index is 122. The van der Waals surface area contributed by atoms with Crippen LogP contribution in [0.1, 0.15) is 32.6 Å². The number of rotatable bonds is 3. The molecule has 1 aliphatic carbocycles. The van der Waals surface area contributed by atoms with E-state index in [0.717, 1.165) is 25.7 Å². The first-order chi connectivity index (χ1) is 5.72. The van der Waals surface area contributed by atoms with E-state index in [2.05, 4.69) is 12.2 Å². The molecule has 3 nitrogen and oxygen atoms in total. The Hall–Kier alpha value is -0.120. The Morgan fingerprint density at radius 1 is 1.42 bits per heavy atom. The lowest BCUT2D eigenvalue weighted by Gasteiger charge is -2.28. The van der Waals surface area contributed by atoms with Crippen molar-refractivity contribution in [2.75, 3.05) is 6.54 Å². The molecule has 0 aromatic heterocycles. The van der Waals surface area contributed by atoms with E-state index in [9.17, 15) is 5.11 Å². The van der Waals surface area contributed by atoms with Crippen molar-refractivity contribution in [2.24, 2.45) is 5.73 Å². The Kier molecular flexibility index (Phi) is 3.98. The van der Waals surface area contributed by atoms with Gasteiger partial charge in [0.05, 0.1) is 6.10 Å². The van der Waals surface area contributed by atoms with E-state index in [0.29, 0.717) is 18.6 Å². The number of hydrogen-bond donors (Lipinski definition) is 3. The topological polar surface area (TPSA) is 58.3 Å². The summed E-state index contributed by atoms with van der Waals surface area (Å²) >= 11 is 0. The van der Waals surface area contributed by atoms with Crippen molar-refractivity contribution >= 4 is 0 Å². The van der Waals surface area contributed by atoms with Crippen LogP contribution in [0.4, 0.5) is 0 Å². The second-order valence-electron chi connectivity index (χ2n) is 3.81. The molecular formula is C9H20N2O. The van der Waals surface area contributed by atoms with Crippen LogP contribution in [-0.2, 0) is 0 Å². The molecule has 1 aliphatic rings. The average molecular weight is 172 g/mol. The van der Waals surface area contributed by atoms with Gasteiger partial charge in [-0.3, -0.25) is 0 Å². The second kappa shape index (κ2) is 4.80. The van der Waals surface area contributed by atoms with Gasteiger partial charge in [0.25, 0.3) is 0 Å². The highest BCUT2D eigenvalue weighted by Crippen LogP contribution is 2.18. The van der Waals surface area contributed by atoms with Crippen molar-refractivity contribution in [1.82, 2.24) is 5.32 Å². The van der Waals surface area contributed by atoms with Gasteiger partial charge in [0.1, 0.15) is 0 Å². The Morgan fingerprint density at radius 3 is 2.50 bits per heavy atom. The minimum absolute atomic E-state index is 0.0590. The van der Waals surface area contributed by atoms with Crippen LogP contribution in [0, 0.1) is 0 Å². The second-order valence-corrected chi connectivity index (χ2v) is 3.81. The normalized spacial score (nSPS) is 33.2. The minimum atomic E-state index is -0.0590. The van der Waals surface area contributed by atoms with Crippen molar-refractivity contribution in [3.63, 3.8) is 0 Å². The summed E-state index contributed by atoms with van der Waals surface area (Å²) < 4.78 is 0. The van der Waals surface area contributed by atoms with Crippen LogP contribution >= 0.6 is 0 Å². The van der Waals surface area contributed by atoms with E-state index in [1.165, 1.54) is 0 Å². The highest BCUT2D eigenvalue weighted by Gasteiger charge is 2.19. The predicted octanol–water partition coefficient (Wildman–Crippen LogP) is 0.227. The molecule has 1 fully saturated rings. The van der Waals surface area contributed by atoms with Crippen LogP contribution in [-0.4, -0.2) is 29.8 Å². The van der Waals surface area contributed by atoms with Crippen LogP contribution in [0.3, 0.4) is 0 Å². The molecule has 0 aromatic rings. The van der Waals surface area contributed by atoms with E-state index in [1.54, 1.807) is 0 Å². The number of aliphatic hydroxyl groups is 1. The lowest BCUT2D eigenvalue weighted by Crippen LogP contribution is -2.43. The molecule has 0 spiro atoms. The first-order valence-electron chi connectivity index (χ1n) is 4.86. The molecule has 0 bridgehead atoms. The molecule has 1 saturated carbocycles. The lowest BCUT2D eigenvalue weighted by molar-refractivity contribution is 0.115. The number of nitrogens with two attached hydrogens (primary N) is 1. The first kappa shape index (κ1) is 9.96. The predicted molar refractivity (Wildman–Crippen MR) is 49.9 cm³/mol. The molecule has 1 rings (SSSR count). The quantitative estimate of drug-likeness (QED) is 0.571. The summed E-state index contributed by atoms with van der Waals surface area (Å²) in [5.41, 5.74) is 5.50. The Labute approximate surface area is 74.3 Å². The summed E-state index contributed by atoms with van der Waals surface area (Å²) in [6.45, 7) is 2.80. The van der Waals surface area contributed by atoms with E-state index >= 15 is 0 Å². The van der Waals surface area contributed by atoms with Crippen LogP contribution in [0.5, 0.6) is 0 Å². The molecule has 0 saturated heterocycles. The summed E-state index contributed by atoms with van der Waals surface area (Å²) in [5.74, 6) is 0. The van der Waals surface area contributed by atoms with Crippen LogP contribution in [0.15, 0.2) is 0 Å². The van der Waals surface area contributed by atoms with Gasteiger partial charge < -0.3 is 16.2 Å². The first-order valence-corrected chi connectivity index (χ1v) is 4.86. The van der Waals surface area contributed by atoms with Crippen molar-refractivity contribution in [3.05, 3.63) is 0 Å². The fraction of sp³-hybridized carbons (Fsp3) is 1.00. The van der Waals surface area contributed by atoms with E-state index in [-0.39, 0.29) is 6.10 Å². The van der Waals surface area contributed by atoms with Gasteiger partial charge in [-0.15, -0.1) is 0 Å². The van der Waals surface area contributed by atoms with Gasteiger partial charge in [-0.2, -0.15) is 0 Å². The average Bonchev–Trinajstić information content (AvgIpc) is 2.09. The molecule has 0 heterocycles. The van der Waals surface area contributed by atoms with Gasteiger partial charge >= 0.3 is 0 Å². The monoisotopic (exact) mass is 172 g/mol. The minimum Gasteiger partial charge on any atom is -0.393 e. The highest BCUT2D eigenvalue weighted by atomic mass is 16.3. The zero-order valence-electron chi connectivity index (χ0n) is 7.79. The van der Waals surface area contributed by atoms with Crippen molar-refractivity contribution in [3.8, 4) is 0 Å². The van der Waals surface area contributed by atoms with Gasteiger partial charge in [-0.05, 0) is 32.6 Å². The number of aliphatic hydroxyl groups excluding tert-OH is 1. The fourth-order valence-corrected chi connectivity index (χ4v) is 1.71. The Morgan fingerprint density at radius 2 is 2.00 bits per heavy atom. The third-order valence-electron chi connectivity index (χ3n) is 2.57. The zero-order valence-corrected chi connectivity index (χ0v) is 7.79. The molecule has 0 radical (unpaired) electrons. The molecule has 12 heavy (non-hydrogen) atoms. The third kappa shape index (κ3) is 3.09. The molecule has 0 aliphatic heterocycles. The summed E-state index contributed by atoms with van der Waals surface area (Å²) in [4.78, 5) is 0. The van der Waals surface area contributed by atoms with Crippen molar-refractivity contribution < 1.29 is 5.11 Å². The van der Waals surface area contributed by atoms with Crippen LogP contribution in [0.2, 0.25) is 0 Å². The van der Waals surface area contributed by atoms with E-state index < -0.39 is 0 Å². The fourth-order valence-electron chi connectivity index (χ4n) is 1.71. The largest absolute Gasteiger partial charge is 0.393 e. The summed E-state index contributed by atoms with van der Waals surface area (Å²) in [6, 6.07) is 0.984. The zero-order chi connectivity index (χ0) is 8.97. The molecule has 4 N–H and O–H groups in total. The van der Waals surface area contributed by atoms with E-state index in [4.69, 9.17) is 5.73 Å². The van der Waals surface area contributed by atoms with Crippen LogP contribution in [0.25, 0.3) is 0 Å². The standard InChI is InChI=1S/C9H20N2O/c1-7(6-10)11-8-2-4-9(12)5-3-8/h7-9,11-12H,2-6,10H2,1H3. The molecule has 1 atom stereocenters. The maximum atomic E-state index is 9.27.